The highest BCUT2D eigenvalue weighted by Gasteiger charge is 2.24. The van der Waals surface area contributed by atoms with Crippen LogP contribution in [0.5, 0.6) is 0 Å². The zero-order valence-corrected chi connectivity index (χ0v) is 18.3. The third-order valence-electron chi connectivity index (χ3n) is 6.35. The van der Waals surface area contributed by atoms with Crippen molar-refractivity contribution >= 4 is 11.8 Å². The molecule has 0 unspecified atom stereocenters. The number of nitrogens with zero attached hydrogens (tertiary/aromatic N) is 3. The smallest absolute Gasteiger partial charge is 0.236 e. The standard InChI is InChI=1S/C25H33N3O3/c29-24(13-11-22-10-12-23(31-22)21-8-4-3-5-9-21)28-18-16-26(17-19-28)20-25(30)27-14-6-1-2-7-15-27/h3-5,8-10,12H,1-2,6-7,11,13-20H2. The first kappa shape index (κ1) is 21.6. The first-order chi connectivity index (χ1) is 15.2. The van der Waals surface area contributed by atoms with Crippen LogP contribution < -0.4 is 0 Å². The molecule has 2 aliphatic heterocycles. The number of benzene rings is 1. The molecule has 31 heavy (non-hydrogen) atoms. The molecule has 2 aliphatic rings. The Morgan fingerprint density at radius 2 is 1.42 bits per heavy atom. The molecule has 0 saturated carbocycles. The van der Waals surface area contributed by atoms with E-state index in [9.17, 15) is 9.59 Å². The molecular formula is C25H33N3O3. The maximum Gasteiger partial charge on any atom is 0.236 e. The van der Waals surface area contributed by atoms with E-state index in [2.05, 4.69) is 4.90 Å². The largest absolute Gasteiger partial charge is 0.461 e. The number of rotatable bonds is 6. The van der Waals surface area contributed by atoms with E-state index in [1.807, 2.05) is 52.3 Å². The number of furan rings is 1. The molecule has 0 atom stereocenters. The fraction of sp³-hybridized carbons (Fsp3) is 0.520. The third kappa shape index (κ3) is 5.97. The number of carbonyl (C=O) groups excluding carboxylic acids is 2. The van der Waals surface area contributed by atoms with Gasteiger partial charge in [0.1, 0.15) is 11.5 Å². The van der Waals surface area contributed by atoms with Gasteiger partial charge in [-0.15, -0.1) is 0 Å². The minimum absolute atomic E-state index is 0.163. The fourth-order valence-electron chi connectivity index (χ4n) is 4.42. The van der Waals surface area contributed by atoms with Crippen LogP contribution in [0.4, 0.5) is 0 Å². The van der Waals surface area contributed by atoms with Crippen molar-refractivity contribution < 1.29 is 14.0 Å². The monoisotopic (exact) mass is 423 g/mol. The van der Waals surface area contributed by atoms with E-state index in [4.69, 9.17) is 4.42 Å². The lowest BCUT2D eigenvalue weighted by molar-refractivity contribution is -0.135. The summed E-state index contributed by atoms with van der Waals surface area (Å²) in [6.45, 7) is 5.20. The van der Waals surface area contributed by atoms with Crippen molar-refractivity contribution in [2.45, 2.75) is 38.5 Å². The molecule has 0 radical (unpaired) electrons. The van der Waals surface area contributed by atoms with Gasteiger partial charge >= 0.3 is 0 Å². The Hall–Kier alpha value is -2.60. The predicted octanol–water partition coefficient (Wildman–Crippen LogP) is 3.43. The summed E-state index contributed by atoms with van der Waals surface area (Å²) < 4.78 is 5.91. The average molecular weight is 424 g/mol. The van der Waals surface area contributed by atoms with Crippen LogP contribution >= 0.6 is 0 Å². The van der Waals surface area contributed by atoms with Crippen molar-refractivity contribution in [1.82, 2.24) is 14.7 Å². The molecule has 2 fully saturated rings. The number of hydrogen-bond acceptors (Lipinski definition) is 4. The van der Waals surface area contributed by atoms with Gasteiger partial charge in [-0.1, -0.05) is 43.2 Å². The lowest BCUT2D eigenvalue weighted by atomic mass is 10.2. The van der Waals surface area contributed by atoms with E-state index >= 15 is 0 Å². The zero-order valence-electron chi connectivity index (χ0n) is 18.3. The summed E-state index contributed by atoms with van der Waals surface area (Å²) in [6, 6.07) is 13.9. The molecule has 2 saturated heterocycles. The number of aryl methyl sites for hydroxylation is 1. The molecule has 1 aromatic heterocycles. The zero-order chi connectivity index (χ0) is 21.5. The molecule has 2 amide bonds. The minimum atomic E-state index is 0.163. The molecule has 0 bridgehead atoms. The van der Waals surface area contributed by atoms with Gasteiger partial charge in [0.25, 0.3) is 0 Å². The van der Waals surface area contributed by atoms with Gasteiger partial charge in [0.05, 0.1) is 6.54 Å². The molecule has 6 nitrogen and oxygen atoms in total. The van der Waals surface area contributed by atoms with Crippen molar-refractivity contribution in [1.29, 1.82) is 0 Å². The molecule has 4 rings (SSSR count). The fourth-order valence-corrected chi connectivity index (χ4v) is 4.42. The van der Waals surface area contributed by atoms with Gasteiger partial charge in [-0.05, 0) is 25.0 Å². The quantitative estimate of drug-likeness (QED) is 0.714. The summed E-state index contributed by atoms with van der Waals surface area (Å²) in [5.41, 5.74) is 1.05. The number of piperazine rings is 1. The molecule has 0 spiro atoms. The minimum Gasteiger partial charge on any atom is -0.461 e. The van der Waals surface area contributed by atoms with Crippen molar-refractivity contribution in [3.05, 3.63) is 48.2 Å². The Morgan fingerprint density at radius 3 is 2.13 bits per heavy atom. The van der Waals surface area contributed by atoms with Gasteiger partial charge in [-0.2, -0.15) is 0 Å². The van der Waals surface area contributed by atoms with Crippen LogP contribution in [0.25, 0.3) is 11.3 Å². The Kier molecular flexibility index (Phi) is 7.41. The van der Waals surface area contributed by atoms with Crippen molar-refractivity contribution in [3.63, 3.8) is 0 Å². The second-order valence-electron chi connectivity index (χ2n) is 8.58. The van der Waals surface area contributed by atoms with Crippen LogP contribution in [-0.2, 0) is 16.0 Å². The summed E-state index contributed by atoms with van der Waals surface area (Å²) in [5.74, 6) is 2.09. The number of hydrogen-bond donors (Lipinski definition) is 0. The van der Waals surface area contributed by atoms with Crippen LogP contribution in [0.15, 0.2) is 46.9 Å². The molecule has 2 aromatic rings. The first-order valence-electron chi connectivity index (χ1n) is 11.6. The lowest BCUT2D eigenvalue weighted by Crippen LogP contribution is -2.51. The topological polar surface area (TPSA) is 57.0 Å². The second kappa shape index (κ2) is 10.6. The maximum atomic E-state index is 12.7. The van der Waals surface area contributed by atoms with Crippen molar-refractivity contribution in [2.24, 2.45) is 0 Å². The number of carbonyl (C=O) groups is 2. The highest BCUT2D eigenvalue weighted by atomic mass is 16.3. The third-order valence-corrected chi connectivity index (χ3v) is 6.35. The SMILES string of the molecule is O=C(CCc1ccc(-c2ccccc2)o1)N1CCN(CC(=O)N2CCCCCC2)CC1. The maximum absolute atomic E-state index is 12.7. The number of amides is 2. The predicted molar refractivity (Wildman–Crippen MR) is 121 cm³/mol. The van der Waals surface area contributed by atoms with Gasteiger partial charge < -0.3 is 14.2 Å². The van der Waals surface area contributed by atoms with Crippen LogP contribution in [0.1, 0.15) is 37.9 Å². The van der Waals surface area contributed by atoms with Gasteiger partial charge in [-0.25, -0.2) is 0 Å². The Labute approximate surface area is 184 Å². The van der Waals surface area contributed by atoms with Crippen LogP contribution in [-0.4, -0.2) is 72.3 Å². The van der Waals surface area contributed by atoms with E-state index in [1.165, 1.54) is 12.8 Å². The highest BCUT2D eigenvalue weighted by molar-refractivity contribution is 5.78. The van der Waals surface area contributed by atoms with E-state index < -0.39 is 0 Å². The highest BCUT2D eigenvalue weighted by Crippen LogP contribution is 2.22. The molecule has 166 valence electrons. The average Bonchev–Trinajstić information content (AvgIpc) is 3.11. The van der Waals surface area contributed by atoms with E-state index in [-0.39, 0.29) is 11.8 Å². The Bertz CT molecular complexity index is 848. The Balaban J connectivity index is 1.19. The summed E-state index contributed by atoms with van der Waals surface area (Å²) in [7, 11) is 0. The van der Waals surface area contributed by atoms with Crippen molar-refractivity contribution in [2.75, 3.05) is 45.8 Å². The molecule has 0 N–H and O–H groups in total. The van der Waals surface area contributed by atoms with E-state index in [1.54, 1.807) is 0 Å². The Morgan fingerprint density at radius 1 is 0.742 bits per heavy atom. The van der Waals surface area contributed by atoms with Crippen LogP contribution in [0.2, 0.25) is 0 Å². The van der Waals surface area contributed by atoms with Crippen molar-refractivity contribution in [3.8, 4) is 11.3 Å². The summed E-state index contributed by atoms with van der Waals surface area (Å²) in [4.78, 5) is 31.4. The molecule has 3 heterocycles. The van der Waals surface area contributed by atoms with Crippen LogP contribution in [0.3, 0.4) is 0 Å². The van der Waals surface area contributed by atoms with Gasteiger partial charge in [0.2, 0.25) is 11.8 Å². The normalized spacial score (nSPS) is 18.1. The summed E-state index contributed by atoms with van der Waals surface area (Å²) >= 11 is 0. The molecule has 6 heteroatoms. The number of likely N-dealkylation sites (tertiary alicyclic amines) is 1. The van der Waals surface area contributed by atoms with E-state index in [0.29, 0.717) is 32.5 Å². The first-order valence-corrected chi connectivity index (χ1v) is 11.6. The van der Waals surface area contributed by atoms with Gasteiger partial charge in [0.15, 0.2) is 0 Å². The molecule has 0 aliphatic carbocycles. The van der Waals surface area contributed by atoms with Crippen LogP contribution in [0, 0.1) is 0 Å². The second-order valence-corrected chi connectivity index (χ2v) is 8.58. The summed E-state index contributed by atoms with van der Waals surface area (Å²) in [5, 5.41) is 0. The molecular weight excluding hydrogens is 390 g/mol. The molecule has 1 aromatic carbocycles. The summed E-state index contributed by atoms with van der Waals surface area (Å²) in [6.07, 6.45) is 5.77. The lowest BCUT2D eigenvalue weighted by Gasteiger charge is -2.35. The van der Waals surface area contributed by atoms with Gasteiger partial charge in [0, 0.05) is 57.7 Å². The van der Waals surface area contributed by atoms with E-state index in [0.717, 1.165) is 56.1 Å². The van der Waals surface area contributed by atoms with Gasteiger partial charge in [-0.3, -0.25) is 14.5 Å².